The summed E-state index contributed by atoms with van der Waals surface area (Å²) in [7, 11) is 0. The molecule has 2 aromatic rings. The van der Waals surface area contributed by atoms with Crippen molar-refractivity contribution in [2.24, 2.45) is 5.73 Å². The molecule has 0 aliphatic carbocycles. The minimum Gasteiger partial charge on any atom is -0.438 e. The Bertz CT molecular complexity index is 611. The van der Waals surface area contributed by atoms with E-state index in [-0.39, 0.29) is 30.9 Å². The molecule has 0 bridgehead atoms. The van der Waals surface area contributed by atoms with E-state index in [0.717, 1.165) is 5.56 Å². The van der Waals surface area contributed by atoms with Crippen LogP contribution in [0, 0.1) is 11.3 Å². The van der Waals surface area contributed by atoms with E-state index < -0.39 is 0 Å². The fourth-order valence-electron chi connectivity index (χ4n) is 1.73. The van der Waals surface area contributed by atoms with Crippen molar-refractivity contribution in [3.63, 3.8) is 0 Å². The van der Waals surface area contributed by atoms with E-state index in [1.54, 1.807) is 30.5 Å². The molecule has 3 N–H and O–H groups in total. The zero-order valence-electron chi connectivity index (χ0n) is 11.3. The van der Waals surface area contributed by atoms with Gasteiger partial charge in [0.2, 0.25) is 5.88 Å². The molecule has 0 unspecified atom stereocenters. The first-order valence-corrected chi connectivity index (χ1v) is 6.21. The Balaban J connectivity index is 0.00000220. The van der Waals surface area contributed by atoms with Crippen LogP contribution in [-0.2, 0) is 6.42 Å². The van der Waals surface area contributed by atoms with Crippen molar-refractivity contribution >= 4 is 12.4 Å². The average molecular weight is 306 g/mol. The Labute approximate surface area is 129 Å². The van der Waals surface area contributed by atoms with Crippen LogP contribution < -0.4 is 10.5 Å². The maximum absolute atomic E-state index is 8.96. The Hall–Kier alpha value is -2.13. The second-order valence-electron chi connectivity index (χ2n) is 4.36. The van der Waals surface area contributed by atoms with E-state index in [0.29, 0.717) is 17.7 Å². The van der Waals surface area contributed by atoms with Gasteiger partial charge in [-0.2, -0.15) is 5.26 Å². The molecule has 110 valence electrons. The van der Waals surface area contributed by atoms with Crippen LogP contribution in [0.5, 0.6) is 11.6 Å². The lowest BCUT2D eigenvalue weighted by molar-refractivity contribution is 0.265. The number of pyridine rings is 1. The predicted octanol–water partition coefficient (Wildman–Crippen LogP) is 2.03. The lowest BCUT2D eigenvalue weighted by Crippen LogP contribution is -2.26. The first kappa shape index (κ1) is 16.9. The molecular weight excluding hydrogens is 290 g/mol. The number of benzene rings is 1. The molecule has 6 heteroatoms. The summed E-state index contributed by atoms with van der Waals surface area (Å²) in [5, 5.41) is 17.9. The van der Waals surface area contributed by atoms with Gasteiger partial charge in [0.15, 0.2) is 0 Å². The van der Waals surface area contributed by atoms with Crippen molar-refractivity contribution in [3.05, 3.63) is 53.7 Å². The molecule has 5 nitrogen and oxygen atoms in total. The highest BCUT2D eigenvalue weighted by Crippen LogP contribution is 2.22. The highest BCUT2D eigenvalue weighted by molar-refractivity contribution is 5.85. The topological polar surface area (TPSA) is 92.2 Å². The van der Waals surface area contributed by atoms with E-state index in [9.17, 15) is 0 Å². The number of aliphatic hydroxyl groups excluding tert-OH is 1. The van der Waals surface area contributed by atoms with Gasteiger partial charge in [-0.15, -0.1) is 12.4 Å². The molecule has 1 aromatic carbocycles. The Morgan fingerprint density at radius 3 is 2.62 bits per heavy atom. The summed E-state index contributed by atoms with van der Waals surface area (Å²) in [4.78, 5) is 4.03. The van der Waals surface area contributed by atoms with Crippen LogP contribution in [0.2, 0.25) is 0 Å². The minimum absolute atomic E-state index is 0. The largest absolute Gasteiger partial charge is 0.438 e. The molecular formula is C15H16ClN3O2. The van der Waals surface area contributed by atoms with Crippen LogP contribution in [0.1, 0.15) is 11.1 Å². The fourth-order valence-corrected chi connectivity index (χ4v) is 1.73. The summed E-state index contributed by atoms with van der Waals surface area (Å²) in [6.07, 6.45) is 2.18. The molecule has 0 saturated carbocycles. The van der Waals surface area contributed by atoms with Gasteiger partial charge in [-0.05, 0) is 36.2 Å². The number of nitriles is 1. The van der Waals surface area contributed by atoms with Gasteiger partial charge in [-0.3, -0.25) is 0 Å². The number of rotatable bonds is 5. The van der Waals surface area contributed by atoms with Crippen LogP contribution in [0.3, 0.4) is 0 Å². The van der Waals surface area contributed by atoms with Crippen LogP contribution in [0.4, 0.5) is 0 Å². The second kappa shape index (κ2) is 8.22. The van der Waals surface area contributed by atoms with Crippen molar-refractivity contribution in [3.8, 4) is 17.7 Å². The predicted molar refractivity (Wildman–Crippen MR) is 81.5 cm³/mol. The molecule has 0 radical (unpaired) electrons. The number of nitrogens with two attached hydrogens (primary N) is 1. The van der Waals surface area contributed by atoms with Gasteiger partial charge in [-0.25, -0.2) is 4.98 Å². The van der Waals surface area contributed by atoms with Crippen molar-refractivity contribution in [2.75, 3.05) is 6.61 Å². The number of aliphatic hydroxyl groups is 1. The highest BCUT2D eigenvalue weighted by atomic mass is 35.5. The van der Waals surface area contributed by atoms with Gasteiger partial charge in [0.05, 0.1) is 6.61 Å². The van der Waals surface area contributed by atoms with Crippen molar-refractivity contribution in [1.29, 1.82) is 5.26 Å². The number of ether oxygens (including phenoxy) is 1. The van der Waals surface area contributed by atoms with Gasteiger partial charge >= 0.3 is 0 Å². The Morgan fingerprint density at radius 2 is 2.00 bits per heavy atom. The zero-order chi connectivity index (χ0) is 14.4. The smallest absolute Gasteiger partial charge is 0.237 e. The highest BCUT2D eigenvalue weighted by Gasteiger charge is 2.06. The molecule has 0 saturated heterocycles. The summed E-state index contributed by atoms with van der Waals surface area (Å²) in [6.45, 7) is -0.0439. The van der Waals surface area contributed by atoms with E-state index in [1.807, 2.05) is 18.2 Å². The lowest BCUT2D eigenvalue weighted by Gasteiger charge is -2.09. The minimum atomic E-state index is -0.261. The zero-order valence-corrected chi connectivity index (χ0v) is 12.1. The molecule has 1 aromatic heterocycles. The third-order valence-corrected chi connectivity index (χ3v) is 2.76. The number of hydrogen-bond donors (Lipinski definition) is 2. The fraction of sp³-hybridized carbons (Fsp3) is 0.200. The van der Waals surface area contributed by atoms with Gasteiger partial charge in [0, 0.05) is 12.2 Å². The van der Waals surface area contributed by atoms with E-state index >= 15 is 0 Å². The molecule has 0 aliphatic rings. The SMILES string of the molecule is Cl.N#Cc1cccnc1Oc1ccc(C[C@H](N)CO)cc1. The molecule has 0 fully saturated rings. The van der Waals surface area contributed by atoms with Crippen molar-refractivity contribution in [2.45, 2.75) is 12.5 Å². The van der Waals surface area contributed by atoms with Crippen LogP contribution in [-0.4, -0.2) is 22.7 Å². The molecule has 0 aliphatic heterocycles. The van der Waals surface area contributed by atoms with E-state index in [4.69, 9.17) is 20.8 Å². The number of halogens is 1. The average Bonchev–Trinajstić information content (AvgIpc) is 2.49. The molecule has 1 heterocycles. The third kappa shape index (κ3) is 4.72. The summed E-state index contributed by atoms with van der Waals surface area (Å²) in [6, 6.07) is 12.4. The Morgan fingerprint density at radius 1 is 1.29 bits per heavy atom. The maximum atomic E-state index is 8.96. The first-order chi connectivity index (χ1) is 9.72. The van der Waals surface area contributed by atoms with Crippen molar-refractivity contribution < 1.29 is 9.84 Å². The quantitative estimate of drug-likeness (QED) is 0.881. The normalized spacial score (nSPS) is 11.1. The number of hydrogen-bond acceptors (Lipinski definition) is 5. The van der Waals surface area contributed by atoms with Gasteiger partial charge in [0.1, 0.15) is 17.4 Å². The first-order valence-electron chi connectivity index (χ1n) is 6.21. The van der Waals surface area contributed by atoms with Gasteiger partial charge in [0.25, 0.3) is 0 Å². The van der Waals surface area contributed by atoms with E-state index in [1.165, 1.54) is 0 Å². The molecule has 1 atom stereocenters. The second-order valence-corrected chi connectivity index (χ2v) is 4.36. The number of aromatic nitrogens is 1. The summed E-state index contributed by atoms with van der Waals surface area (Å²) >= 11 is 0. The van der Waals surface area contributed by atoms with Gasteiger partial charge in [-0.1, -0.05) is 12.1 Å². The monoisotopic (exact) mass is 305 g/mol. The molecule has 21 heavy (non-hydrogen) atoms. The summed E-state index contributed by atoms with van der Waals surface area (Å²) in [5.41, 5.74) is 7.08. The molecule has 0 amide bonds. The number of nitrogens with zero attached hydrogens (tertiary/aromatic N) is 2. The standard InChI is InChI=1S/C15H15N3O2.ClH/c16-9-12-2-1-7-18-15(12)20-14-5-3-11(4-6-14)8-13(17)10-19;/h1-7,13,19H,8,10,17H2;1H/t13-;/m0./s1. The van der Waals surface area contributed by atoms with Crippen molar-refractivity contribution in [1.82, 2.24) is 4.98 Å². The molecule has 0 spiro atoms. The van der Waals surface area contributed by atoms with Gasteiger partial charge < -0.3 is 15.6 Å². The summed E-state index contributed by atoms with van der Waals surface area (Å²) in [5.74, 6) is 0.885. The Kier molecular flexibility index (Phi) is 6.63. The van der Waals surface area contributed by atoms with Crippen LogP contribution >= 0.6 is 12.4 Å². The van der Waals surface area contributed by atoms with Crippen LogP contribution in [0.15, 0.2) is 42.6 Å². The lowest BCUT2D eigenvalue weighted by atomic mass is 10.1. The van der Waals surface area contributed by atoms with Crippen LogP contribution in [0.25, 0.3) is 0 Å². The molecule has 2 rings (SSSR count). The third-order valence-electron chi connectivity index (χ3n) is 2.76. The summed E-state index contributed by atoms with van der Waals surface area (Å²) < 4.78 is 5.57. The van der Waals surface area contributed by atoms with E-state index in [2.05, 4.69) is 4.98 Å². The maximum Gasteiger partial charge on any atom is 0.237 e.